The first-order valence-electron chi connectivity index (χ1n) is 8.27. The van der Waals surface area contributed by atoms with E-state index in [1.54, 1.807) is 4.31 Å². The van der Waals surface area contributed by atoms with E-state index in [9.17, 15) is 16.8 Å². The summed E-state index contributed by atoms with van der Waals surface area (Å²) in [5, 5.41) is 0. The molecular weight excluding hydrogens is 348 g/mol. The van der Waals surface area contributed by atoms with Crippen LogP contribution in [0.5, 0.6) is 0 Å². The van der Waals surface area contributed by atoms with Crippen molar-refractivity contribution in [3.63, 3.8) is 0 Å². The Morgan fingerprint density at radius 2 is 1.62 bits per heavy atom. The molecule has 2 atom stereocenters. The number of aryl methyl sites for hydroxylation is 1. The van der Waals surface area contributed by atoms with Crippen LogP contribution in [0.25, 0.3) is 0 Å². The molecule has 0 aromatic heterocycles. The van der Waals surface area contributed by atoms with Crippen LogP contribution >= 0.6 is 0 Å². The van der Waals surface area contributed by atoms with E-state index < -0.39 is 20.0 Å². The van der Waals surface area contributed by atoms with Gasteiger partial charge in [-0.15, -0.1) is 0 Å². The number of piperidine rings is 1. The number of hydrogen-bond donors (Lipinski definition) is 1. The molecule has 2 unspecified atom stereocenters. The molecule has 1 N–H and O–H groups in total. The Morgan fingerprint density at radius 1 is 1.04 bits per heavy atom. The van der Waals surface area contributed by atoms with E-state index in [1.165, 1.54) is 6.26 Å². The molecule has 8 heteroatoms. The molecule has 0 amide bonds. The van der Waals surface area contributed by atoms with Gasteiger partial charge in [-0.05, 0) is 37.7 Å². The van der Waals surface area contributed by atoms with Crippen LogP contribution in [0.4, 0.5) is 0 Å². The fourth-order valence-electron chi connectivity index (χ4n) is 3.98. The van der Waals surface area contributed by atoms with E-state index in [0.717, 1.165) is 18.4 Å². The van der Waals surface area contributed by atoms with E-state index in [0.29, 0.717) is 19.3 Å². The van der Waals surface area contributed by atoms with Gasteiger partial charge in [-0.2, -0.15) is 4.31 Å². The molecule has 2 aliphatic rings. The minimum absolute atomic E-state index is 0.0542. The second-order valence-corrected chi connectivity index (χ2v) is 10.6. The number of rotatable bonds is 6. The zero-order chi connectivity index (χ0) is 17.4. The van der Waals surface area contributed by atoms with Crippen molar-refractivity contribution in [2.24, 2.45) is 0 Å². The summed E-state index contributed by atoms with van der Waals surface area (Å²) >= 11 is 0. The Hall–Kier alpha value is -0.960. The lowest BCUT2D eigenvalue weighted by atomic mass is 10.0. The lowest BCUT2D eigenvalue weighted by Gasteiger charge is -2.37. The first-order valence-corrected chi connectivity index (χ1v) is 11.8. The number of nitrogens with zero attached hydrogens (tertiary/aromatic N) is 1. The van der Waals surface area contributed by atoms with Crippen molar-refractivity contribution in [3.8, 4) is 0 Å². The molecule has 2 saturated heterocycles. The highest BCUT2D eigenvalue weighted by atomic mass is 32.2. The van der Waals surface area contributed by atoms with Crippen molar-refractivity contribution in [2.45, 2.75) is 50.2 Å². The lowest BCUT2D eigenvalue weighted by molar-refractivity contribution is 0.221. The maximum absolute atomic E-state index is 12.3. The van der Waals surface area contributed by atoms with Crippen LogP contribution in [-0.4, -0.2) is 51.3 Å². The van der Waals surface area contributed by atoms with Crippen LogP contribution in [0, 0.1) is 0 Å². The third kappa shape index (κ3) is 4.17. The van der Waals surface area contributed by atoms with Gasteiger partial charge in [0.15, 0.2) is 0 Å². The van der Waals surface area contributed by atoms with Gasteiger partial charge in [0.2, 0.25) is 20.0 Å². The first kappa shape index (κ1) is 17.8. The second kappa shape index (κ2) is 6.74. The smallest absolute Gasteiger partial charge is 0.212 e. The molecule has 2 aliphatic heterocycles. The van der Waals surface area contributed by atoms with Crippen molar-refractivity contribution in [1.82, 2.24) is 9.03 Å². The van der Waals surface area contributed by atoms with Gasteiger partial charge in [-0.1, -0.05) is 30.3 Å². The standard InChI is InChI=1S/C16H24N2O4S2/c1-23(19,20)18-15-7-8-16(18)12-14(11-15)17-24(21,22)10-9-13-5-3-2-4-6-13/h2-6,14-17H,7-12H2,1H3. The van der Waals surface area contributed by atoms with Crippen molar-refractivity contribution in [2.75, 3.05) is 12.0 Å². The maximum atomic E-state index is 12.3. The molecule has 0 radical (unpaired) electrons. The van der Waals surface area contributed by atoms with Crippen LogP contribution < -0.4 is 4.72 Å². The van der Waals surface area contributed by atoms with Crippen LogP contribution in [0.15, 0.2) is 30.3 Å². The summed E-state index contributed by atoms with van der Waals surface area (Å²) in [6.45, 7) is 0. The summed E-state index contributed by atoms with van der Waals surface area (Å²) in [5.74, 6) is 0.0542. The van der Waals surface area contributed by atoms with Crippen molar-refractivity contribution in [3.05, 3.63) is 35.9 Å². The lowest BCUT2D eigenvalue weighted by Crippen LogP contribution is -2.52. The molecule has 2 fully saturated rings. The monoisotopic (exact) mass is 372 g/mol. The Labute approximate surface area is 144 Å². The third-order valence-electron chi connectivity index (χ3n) is 4.90. The normalized spacial score (nSPS) is 28.1. The Kier molecular flexibility index (Phi) is 5.01. The Bertz CT molecular complexity index is 764. The molecular formula is C16H24N2O4S2. The third-order valence-corrected chi connectivity index (χ3v) is 7.69. The van der Waals surface area contributed by atoms with Crippen LogP contribution in [0.3, 0.4) is 0 Å². The van der Waals surface area contributed by atoms with E-state index in [4.69, 9.17) is 0 Å². The highest BCUT2D eigenvalue weighted by molar-refractivity contribution is 7.89. The van der Waals surface area contributed by atoms with Gasteiger partial charge in [-0.25, -0.2) is 21.6 Å². The molecule has 3 rings (SSSR count). The fourth-order valence-corrected chi connectivity index (χ4v) is 6.77. The van der Waals surface area contributed by atoms with Gasteiger partial charge < -0.3 is 0 Å². The molecule has 2 heterocycles. The summed E-state index contributed by atoms with van der Waals surface area (Å²) in [7, 11) is -6.59. The number of nitrogens with one attached hydrogen (secondary N) is 1. The molecule has 0 aliphatic carbocycles. The number of fused-ring (bicyclic) bond motifs is 2. The molecule has 1 aromatic carbocycles. The topological polar surface area (TPSA) is 83.6 Å². The van der Waals surface area contributed by atoms with E-state index in [1.807, 2.05) is 30.3 Å². The zero-order valence-electron chi connectivity index (χ0n) is 13.8. The SMILES string of the molecule is CS(=O)(=O)N1C2CCC1CC(NS(=O)(=O)CCc1ccccc1)C2. The van der Waals surface area contributed by atoms with Crippen molar-refractivity contribution in [1.29, 1.82) is 0 Å². The van der Waals surface area contributed by atoms with E-state index in [2.05, 4.69) is 4.72 Å². The zero-order valence-corrected chi connectivity index (χ0v) is 15.4. The van der Waals surface area contributed by atoms with E-state index >= 15 is 0 Å². The summed E-state index contributed by atoms with van der Waals surface area (Å²) in [6.07, 6.45) is 4.48. The van der Waals surface area contributed by atoms with Gasteiger partial charge in [0.05, 0.1) is 12.0 Å². The molecule has 134 valence electrons. The van der Waals surface area contributed by atoms with Gasteiger partial charge in [-0.3, -0.25) is 0 Å². The molecule has 0 saturated carbocycles. The Morgan fingerprint density at radius 3 is 2.17 bits per heavy atom. The fraction of sp³-hybridized carbons (Fsp3) is 0.625. The molecule has 2 bridgehead atoms. The van der Waals surface area contributed by atoms with Gasteiger partial charge >= 0.3 is 0 Å². The number of hydrogen-bond acceptors (Lipinski definition) is 4. The predicted molar refractivity (Wildman–Crippen MR) is 93.6 cm³/mol. The maximum Gasteiger partial charge on any atom is 0.212 e. The highest BCUT2D eigenvalue weighted by Gasteiger charge is 2.45. The molecule has 1 aromatic rings. The molecule has 24 heavy (non-hydrogen) atoms. The number of sulfonamides is 2. The minimum Gasteiger partial charge on any atom is -0.212 e. The van der Waals surface area contributed by atoms with E-state index in [-0.39, 0.29) is 23.9 Å². The summed E-state index contributed by atoms with van der Waals surface area (Å²) in [6, 6.07) is 9.23. The summed E-state index contributed by atoms with van der Waals surface area (Å²) in [5.41, 5.74) is 0.995. The average molecular weight is 373 g/mol. The van der Waals surface area contributed by atoms with Crippen molar-refractivity contribution < 1.29 is 16.8 Å². The first-order chi connectivity index (χ1) is 11.2. The van der Waals surface area contributed by atoms with Crippen LogP contribution in [0.2, 0.25) is 0 Å². The van der Waals surface area contributed by atoms with Gasteiger partial charge in [0.1, 0.15) is 0 Å². The quantitative estimate of drug-likeness (QED) is 0.811. The molecule has 6 nitrogen and oxygen atoms in total. The largest absolute Gasteiger partial charge is 0.212 e. The van der Waals surface area contributed by atoms with Crippen LogP contribution in [-0.2, 0) is 26.5 Å². The van der Waals surface area contributed by atoms with Gasteiger partial charge in [0.25, 0.3) is 0 Å². The van der Waals surface area contributed by atoms with Gasteiger partial charge in [0, 0.05) is 18.1 Å². The summed E-state index contributed by atoms with van der Waals surface area (Å²) < 4.78 is 52.8. The highest BCUT2D eigenvalue weighted by Crippen LogP contribution is 2.37. The summed E-state index contributed by atoms with van der Waals surface area (Å²) in [4.78, 5) is 0. The Balaban J connectivity index is 1.59. The predicted octanol–water partition coefficient (Wildman–Crippen LogP) is 1.10. The number of benzene rings is 1. The van der Waals surface area contributed by atoms with Crippen molar-refractivity contribution >= 4 is 20.0 Å². The van der Waals surface area contributed by atoms with Crippen LogP contribution in [0.1, 0.15) is 31.2 Å². The average Bonchev–Trinajstić information content (AvgIpc) is 2.79. The minimum atomic E-state index is -3.37. The second-order valence-electron chi connectivity index (χ2n) is 6.82. The molecule has 0 spiro atoms.